The normalized spacial score (nSPS) is 12.8. The van der Waals surface area contributed by atoms with Crippen LogP contribution in [0.3, 0.4) is 0 Å². The van der Waals surface area contributed by atoms with Gasteiger partial charge in [0.1, 0.15) is 0 Å². The van der Waals surface area contributed by atoms with Gasteiger partial charge in [0.15, 0.2) is 0 Å². The van der Waals surface area contributed by atoms with Gasteiger partial charge in [0.05, 0.1) is 12.7 Å². The monoisotopic (exact) mass is 374 g/mol. The van der Waals surface area contributed by atoms with Gasteiger partial charge < -0.3 is 14.9 Å². The minimum Gasteiger partial charge on any atom is -0.465 e. The number of esters is 1. The second kappa shape index (κ2) is 22.4. The molecule has 0 rings (SSSR count). The van der Waals surface area contributed by atoms with Gasteiger partial charge in [-0.25, -0.2) is 0 Å². The quantitative estimate of drug-likeness (QED) is 0.271. The first-order chi connectivity index (χ1) is 12.5. The van der Waals surface area contributed by atoms with Crippen molar-refractivity contribution < 1.29 is 19.7 Å². The second-order valence-electron chi connectivity index (χ2n) is 7.19. The maximum atomic E-state index is 11.2. The highest BCUT2D eigenvalue weighted by Gasteiger charge is 2.09. The van der Waals surface area contributed by atoms with Crippen LogP contribution < -0.4 is 0 Å². The van der Waals surface area contributed by atoms with E-state index in [1.54, 1.807) is 0 Å². The summed E-state index contributed by atoms with van der Waals surface area (Å²) in [4.78, 5) is 11.2. The summed E-state index contributed by atoms with van der Waals surface area (Å²) < 4.78 is 5.14. The van der Waals surface area contributed by atoms with Gasteiger partial charge in [-0.05, 0) is 31.6 Å². The van der Waals surface area contributed by atoms with Crippen molar-refractivity contribution in [3.05, 3.63) is 0 Å². The van der Waals surface area contributed by atoms with Crippen LogP contribution in [0.4, 0.5) is 0 Å². The largest absolute Gasteiger partial charge is 0.465 e. The molecular weight excluding hydrogens is 328 g/mol. The Bertz CT molecular complexity index is 281. The van der Waals surface area contributed by atoms with Crippen molar-refractivity contribution in [1.29, 1.82) is 0 Å². The SMILES string of the molecule is CCCCC(CC)COC(=O)CCCO.CCCCCCCC(O)CC. The van der Waals surface area contributed by atoms with E-state index in [1.807, 2.05) is 6.92 Å². The summed E-state index contributed by atoms with van der Waals surface area (Å²) in [5.74, 6) is 0.321. The number of carbonyl (C=O) groups excluding carboxylic acids is 1. The molecule has 0 aromatic carbocycles. The number of carbonyl (C=O) groups is 1. The highest BCUT2D eigenvalue weighted by atomic mass is 16.5. The van der Waals surface area contributed by atoms with Gasteiger partial charge in [-0.2, -0.15) is 0 Å². The maximum absolute atomic E-state index is 11.2. The number of ether oxygens (including phenoxy) is 1. The lowest BCUT2D eigenvalue weighted by atomic mass is 10.0. The van der Waals surface area contributed by atoms with Crippen LogP contribution in [-0.4, -0.2) is 35.5 Å². The standard InChI is InChI=1S/C12H24O3.C10H22O/c1-3-5-7-11(4-2)10-15-12(14)8-6-9-13;1-3-5-6-7-8-9-10(11)4-2/h11,13H,3-10H2,1-2H3;10-11H,3-9H2,1-2H3. The zero-order valence-electron chi connectivity index (χ0n) is 18.0. The lowest BCUT2D eigenvalue weighted by Gasteiger charge is -2.14. The molecule has 0 amide bonds. The van der Waals surface area contributed by atoms with Crippen LogP contribution in [0.25, 0.3) is 0 Å². The molecule has 0 saturated carbocycles. The number of rotatable bonds is 16. The molecule has 0 aromatic heterocycles. The summed E-state index contributed by atoms with van der Waals surface area (Å²) >= 11 is 0. The fourth-order valence-electron chi connectivity index (χ4n) is 2.59. The van der Waals surface area contributed by atoms with Crippen molar-refractivity contribution >= 4 is 5.97 Å². The van der Waals surface area contributed by atoms with Crippen LogP contribution in [0.15, 0.2) is 0 Å². The Morgan fingerprint density at radius 3 is 2.04 bits per heavy atom. The lowest BCUT2D eigenvalue weighted by Crippen LogP contribution is -2.14. The van der Waals surface area contributed by atoms with E-state index in [1.165, 1.54) is 44.9 Å². The summed E-state index contributed by atoms with van der Waals surface area (Å²) in [5.41, 5.74) is 0. The van der Waals surface area contributed by atoms with E-state index in [0.29, 0.717) is 25.4 Å². The van der Waals surface area contributed by atoms with Crippen molar-refractivity contribution in [2.75, 3.05) is 13.2 Å². The van der Waals surface area contributed by atoms with Gasteiger partial charge in [0, 0.05) is 13.0 Å². The van der Waals surface area contributed by atoms with Crippen LogP contribution in [0, 0.1) is 5.92 Å². The molecular formula is C22H46O4. The average molecular weight is 375 g/mol. The molecule has 2 atom stereocenters. The van der Waals surface area contributed by atoms with Crippen molar-refractivity contribution in [2.24, 2.45) is 5.92 Å². The highest BCUT2D eigenvalue weighted by molar-refractivity contribution is 5.69. The van der Waals surface area contributed by atoms with Crippen LogP contribution in [0.1, 0.15) is 111 Å². The van der Waals surface area contributed by atoms with Gasteiger partial charge in [0.2, 0.25) is 0 Å². The zero-order valence-corrected chi connectivity index (χ0v) is 18.0. The number of hydrogen-bond acceptors (Lipinski definition) is 4. The first-order valence-corrected chi connectivity index (χ1v) is 11.0. The van der Waals surface area contributed by atoms with E-state index >= 15 is 0 Å². The Morgan fingerprint density at radius 2 is 1.50 bits per heavy atom. The highest BCUT2D eigenvalue weighted by Crippen LogP contribution is 2.13. The Morgan fingerprint density at radius 1 is 0.846 bits per heavy atom. The fraction of sp³-hybridized carbons (Fsp3) is 0.955. The minimum atomic E-state index is -0.181. The fourth-order valence-corrected chi connectivity index (χ4v) is 2.59. The molecule has 4 heteroatoms. The zero-order chi connectivity index (χ0) is 20.0. The predicted molar refractivity (Wildman–Crippen MR) is 110 cm³/mol. The second-order valence-corrected chi connectivity index (χ2v) is 7.19. The van der Waals surface area contributed by atoms with E-state index < -0.39 is 0 Å². The Hall–Kier alpha value is -0.610. The van der Waals surface area contributed by atoms with Gasteiger partial charge in [-0.1, -0.05) is 79.1 Å². The van der Waals surface area contributed by atoms with Gasteiger partial charge in [-0.15, -0.1) is 0 Å². The van der Waals surface area contributed by atoms with Crippen LogP contribution >= 0.6 is 0 Å². The van der Waals surface area contributed by atoms with E-state index in [9.17, 15) is 9.90 Å². The van der Waals surface area contributed by atoms with Gasteiger partial charge in [0.25, 0.3) is 0 Å². The smallest absolute Gasteiger partial charge is 0.305 e. The molecule has 4 nitrogen and oxygen atoms in total. The number of aliphatic hydroxyl groups is 2. The van der Waals surface area contributed by atoms with Crippen molar-refractivity contribution in [3.8, 4) is 0 Å². The lowest BCUT2D eigenvalue weighted by molar-refractivity contribution is -0.145. The van der Waals surface area contributed by atoms with Gasteiger partial charge in [-0.3, -0.25) is 4.79 Å². The Balaban J connectivity index is 0. The Labute approximate surface area is 162 Å². The van der Waals surface area contributed by atoms with Crippen molar-refractivity contribution in [3.63, 3.8) is 0 Å². The van der Waals surface area contributed by atoms with Crippen LogP contribution in [0.5, 0.6) is 0 Å². The third-order valence-electron chi connectivity index (χ3n) is 4.67. The van der Waals surface area contributed by atoms with Gasteiger partial charge >= 0.3 is 5.97 Å². The predicted octanol–water partition coefficient (Wildman–Crippen LogP) is 5.64. The topological polar surface area (TPSA) is 66.8 Å². The molecule has 0 fully saturated rings. The van der Waals surface area contributed by atoms with E-state index in [4.69, 9.17) is 9.84 Å². The molecule has 2 N–H and O–H groups in total. The van der Waals surface area contributed by atoms with E-state index in [0.717, 1.165) is 25.7 Å². The molecule has 0 aromatic rings. The molecule has 0 aliphatic rings. The summed E-state index contributed by atoms with van der Waals surface area (Å²) in [6.07, 6.45) is 13.8. The molecule has 0 saturated heterocycles. The molecule has 0 aliphatic carbocycles. The molecule has 0 heterocycles. The van der Waals surface area contributed by atoms with E-state index in [2.05, 4.69) is 20.8 Å². The first kappa shape index (κ1) is 27.6. The third-order valence-corrected chi connectivity index (χ3v) is 4.67. The molecule has 158 valence electrons. The molecule has 2 unspecified atom stereocenters. The van der Waals surface area contributed by atoms with Crippen molar-refractivity contribution in [1.82, 2.24) is 0 Å². The molecule has 0 bridgehead atoms. The van der Waals surface area contributed by atoms with E-state index in [-0.39, 0.29) is 18.7 Å². The summed E-state index contributed by atoms with van der Waals surface area (Å²) in [5, 5.41) is 17.8. The Kier molecular flexibility index (Phi) is 23.8. The summed E-state index contributed by atoms with van der Waals surface area (Å²) in [7, 11) is 0. The maximum Gasteiger partial charge on any atom is 0.305 e. The number of unbranched alkanes of at least 4 members (excludes halogenated alkanes) is 5. The average Bonchev–Trinajstić information content (AvgIpc) is 2.66. The number of hydrogen-bond donors (Lipinski definition) is 2. The first-order valence-electron chi connectivity index (χ1n) is 11.0. The molecule has 0 aliphatic heterocycles. The number of aliphatic hydroxyl groups excluding tert-OH is 2. The minimum absolute atomic E-state index is 0.0448. The van der Waals surface area contributed by atoms with Crippen molar-refractivity contribution in [2.45, 2.75) is 117 Å². The summed E-state index contributed by atoms with van der Waals surface area (Å²) in [6, 6.07) is 0. The molecule has 26 heavy (non-hydrogen) atoms. The van der Waals surface area contributed by atoms with Crippen LogP contribution in [-0.2, 0) is 9.53 Å². The van der Waals surface area contributed by atoms with Crippen LogP contribution in [0.2, 0.25) is 0 Å². The molecule has 0 spiro atoms. The molecule has 0 radical (unpaired) electrons. The third kappa shape index (κ3) is 21.4. The summed E-state index contributed by atoms with van der Waals surface area (Å²) in [6.45, 7) is 9.16.